The smallest absolute Gasteiger partial charge is 0.194 e. The average Bonchev–Trinajstić information content (AvgIpc) is 2.97. The minimum atomic E-state index is -1.39. The molecule has 1 aromatic carbocycles. The van der Waals surface area contributed by atoms with Crippen LogP contribution >= 0.6 is 0 Å². The van der Waals surface area contributed by atoms with Crippen molar-refractivity contribution in [2.24, 2.45) is 10.9 Å². The first-order valence-corrected chi connectivity index (χ1v) is 16.2. The third-order valence-electron chi connectivity index (χ3n) is 7.46. The fraction of sp³-hybridized carbons (Fsp3) is 0.639. The molecule has 2 atom stereocenters. The Morgan fingerprint density at radius 2 is 1.62 bits per heavy atom. The molecule has 0 spiro atoms. The van der Waals surface area contributed by atoms with Gasteiger partial charge >= 0.3 is 0 Å². The third kappa shape index (κ3) is 14.7. The van der Waals surface area contributed by atoms with E-state index >= 15 is 0 Å². The highest BCUT2D eigenvalue weighted by Gasteiger charge is 2.22. The van der Waals surface area contributed by atoms with Gasteiger partial charge in [0.2, 0.25) is 0 Å². The molecule has 42 heavy (non-hydrogen) atoms. The Kier molecular flexibility index (Phi) is 21.9. The fourth-order valence-electron chi connectivity index (χ4n) is 4.85. The number of hydrogen-bond acceptors (Lipinski definition) is 3. The van der Waals surface area contributed by atoms with Crippen LogP contribution in [-0.2, 0) is 6.42 Å². The van der Waals surface area contributed by atoms with Gasteiger partial charge in [-0.1, -0.05) is 85.8 Å². The number of allylic oxidation sites excluding steroid dienone is 5. The number of rotatable bonds is 12. The largest absolute Gasteiger partial charge is 0.372 e. The molecule has 1 aliphatic heterocycles. The van der Waals surface area contributed by atoms with Crippen LogP contribution in [-0.4, -0.2) is 36.3 Å². The van der Waals surface area contributed by atoms with Crippen molar-refractivity contribution in [3.05, 3.63) is 70.3 Å². The van der Waals surface area contributed by atoms with Crippen LogP contribution in [0.2, 0.25) is 0 Å². The Labute approximate surface area is 256 Å². The Balaban J connectivity index is 0.000000768. The molecule has 1 saturated heterocycles. The van der Waals surface area contributed by atoms with Crippen molar-refractivity contribution in [2.45, 2.75) is 127 Å². The molecule has 1 fully saturated rings. The van der Waals surface area contributed by atoms with Crippen LogP contribution in [0, 0.1) is 23.4 Å². The average molecular weight is 592 g/mol. The molecule has 6 heteroatoms. The molecule has 0 aliphatic carbocycles. The lowest BCUT2D eigenvalue weighted by Gasteiger charge is -2.36. The number of benzene rings is 1. The van der Waals surface area contributed by atoms with Gasteiger partial charge in [0.05, 0.1) is 0 Å². The summed E-state index contributed by atoms with van der Waals surface area (Å²) < 4.78 is 37.5. The Hall–Kier alpha value is -2.34. The second-order valence-electron chi connectivity index (χ2n) is 11.2. The fourth-order valence-corrected chi connectivity index (χ4v) is 4.85. The quantitative estimate of drug-likeness (QED) is 0.113. The van der Waals surface area contributed by atoms with Crippen LogP contribution in [0.15, 0.2) is 52.3 Å². The minimum Gasteiger partial charge on any atom is -0.372 e. The van der Waals surface area contributed by atoms with E-state index in [1.165, 1.54) is 42.5 Å². The van der Waals surface area contributed by atoms with Crippen LogP contribution < -0.4 is 5.32 Å². The maximum atomic E-state index is 12.5. The molecule has 2 rings (SSSR count). The maximum Gasteiger partial charge on any atom is 0.194 e. The molecular formula is C36H60F3N3. The van der Waals surface area contributed by atoms with Gasteiger partial charge < -0.3 is 10.2 Å². The van der Waals surface area contributed by atoms with E-state index in [-0.39, 0.29) is 0 Å². The monoisotopic (exact) mass is 591 g/mol. The normalized spacial score (nSPS) is 17.3. The molecule has 0 radical (unpaired) electrons. The van der Waals surface area contributed by atoms with Crippen molar-refractivity contribution < 1.29 is 13.2 Å². The van der Waals surface area contributed by atoms with Gasteiger partial charge in [0.1, 0.15) is 0 Å². The maximum absolute atomic E-state index is 12.5. The summed E-state index contributed by atoms with van der Waals surface area (Å²) in [5, 5.41) is 3.53. The first-order valence-electron chi connectivity index (χ1n) is 16.2. The van der Waals surface area contributed by atoms with Gasteiger partial charge in [0, 0.05) is 48.9 Å². The summed E-state index contributed by atoms with van der Waals surface area (Å²) in [5.74, 6) is -3.08. The highest BCUT2D eigenvalue weighted by Crippen LogP contribution is 2.28. The Morgan fingerprint density at radius 3 is 2.07 bits per heavy atom. The second kappa shape index (κ2) is 23.2. The summed E-state index contributed by atoms with van der Waals surface area (Å²) in [7, 11) is 0. The van der Waals surface area contributed by atoms with Gasteiger partial charge in [-0.05, 0) is 76.1 Å². The van der Waals surface area contributed by atoms with Gasteiger partial charge in [0.25, 0.3) is 0 Å². The molecule has 3 nitrogen and oxygen atoms in total. The van der Waals surface area contributed by atoms with Gasteiger partial charge in [-0.2, -0.15) is 0 Å². The van der Waals surface area contributed by atoms with Crippen molar-refractivity contribution in [1.82, 2.24) is 10.2 Å². The van der Waals surface area contributed by atoms with Crippen LogP contribution in [0.1, 0.15) is 120 Å². The number of aliphatic imine (C=N–C) groups is 1. The number of piperazine rings is 1. The number of halogens is 3. The lowest BCUT2D eigenvalue weighted by Crippen LogP contribution is -2.48. The van der Waals surface area contributed by atoms with Crippen molar-refractivity contribution in [3.63, 3.8) is 0 Å². The number of aryl methyl sites for hydroxylation is 1. The molecule has 240 valence electrons. The van der Waals surface area contributed by atoms with Crippen LogP contribution in [0.25, 0.3) is 0 Å². The Bertz CT molecular complexity index is 983. The molecule has 0 bridgehead atoms. The molecule has 1 aliphatic rings. The van der Waals surface area contributed by atoms with E-state index in [4.69, 9.17) is 4.99 Å². The SMILES string of the molecule is CCCCCC.CCCc1cc(F)c(F)c(F)c1.C\C=C(C(/C(C)=N/C=C/CC)=C(/C)N1CCNC(C)C1)\C(C)CC. The number of nitrogens with zero attached hydrogens (tertiary/aromatic N) is 2. The minimum absolute atomic E-state index is 0.494. The highest BCUT2D eigenvalue weighted by atomic mass is 19.2. The van der Waals surface area contributed by atoms with Crippen LogP contribution in [0.4, 0.5) is 13.2 Å². The van der Waals surface area contributed by atoms with Crippen molar-refractivity contribution in [1.29, 1.82) is 0 Å². The summed E-state index contributed by atoms with van der Waals surface area (Å²) >= 11 is 0. The summed E-state index contributed by atoms with van der Waals surface area (Å²) in [6, 6.07) is 2.59. The lowest BCUT2D eigenvalue weighted by atomic mass is 9.87. The zero-order valence-electron chi connectivity index (χ0n) is 28.3. The van der Waals surface area contributed by atoms with E-state index in [2.05, 4.69) is 84.7 Å². The summed E-state index contributed by atoms with van der Waals surface area (Å²) in [6.45, 7) is 25.1. The number of unbranched alkanes of at least 4 members (excludes halogenated alkanes) is 3. The number of hydrogen-bond donors (Lipinski definition) is 1. The standard InChI is InChI=1S/C21H37N3.C9H9F3.C6H14/c1-8-11-12-23-18(6)21(20(10-3)16(4)9-2)19(7)24-14-13-22-17(5)15-24;1-2-3-6-4-7(10)9(12)8(11)5-6;1-3-5-6-4-2/h10-12,16-17,22H,8-9,13-15H2,1-7H3;4-5H,2-3H2,1H3;3-6H2,1-2H3/b12-11+,20-10-,21-19-,23-18+;;. The molecular weight excluding hydrogens is 531 g/mol. The lowest BCUT2D eigenvalue weighted by molar-refractivity contribution is 0.255. The second-order valence-corrected chi connectivity index (χ2v) is 11.2. The van der Waals surface area contributed by atoms with E-state index in [1.54, 1.807) is 0 Å². The number of nitrogens with one attached hydrogen (secondary N) is 1. The van der Waals surface area contributed by atoms with E-state index in [1.807, 2.05) is 13.1 Å². The molecule has 2 unspecified atom stereocenters. The van der Waals surface area contributed by atoms with E-state index in [0.717, 1.165) is 56.7 Å². The van der Waals surface area contributed by atoms with Crippen molar-refractivity contribution >= 4 is 5.71 Å². The van der Waals surface area contributed by atoms with E-state index in [0.29, 0.717) is 23.9 Å². The van der Waals surface area contributed by atoms with Gasteiger partial charge in [-0.15, -0.1) is 0 Å². The van der Waals surface area contributed by atoms with Crippen LogP contribution in [0.5, 0.6) is 0 Å². The Morgan fingerprint density at radius 1 is 1.02 bits per heavy atom. The summed E-state index contributed by atoms with van der Waals surface area (Å²) in [5.41, 5.74) is 5.74. The predicted molar refractivity (Wildman–Crippen MR) is 178 cm³/mol. The third-order valence-corrected chi connectivity index (χ3v) is 7.46. The zero-order valence-corrected chi connectivity index (χ0v) is 28.3. The molecule has 0 aromatic heterocycles. The topological polar surface area (TPSA) is 27.6 Å². The van der Waals surface area contributed by atoms with Gasteiger partial charge in [-0.3, -0.25) is 4.99 Å². The van der Waals surface area contributed by atoms with Gasteiger partial charge in [-0.25, -0.2) is 13.2 Å². The predicted octanol–water partition coefficient (Wildman–Crippen LogP) is 10.6. The van der Waals surface area contributed by atoms with Crippen molar-refractivity contribution in [3.8, 4) is 0 Å². The first-order chi connectivity index (χ1) is 20.0. The van der Waals surface area contributed by atoms with E-state index < -0.39 is 17.5 Å². The van der Waals surface area contributed by atoms with Crippen molar-refractivity contribution in [2.75, 3.05) is 19.6 Å². The van der Waals surface area contributed by atoms with Crippen LogP contribution in [0.3, 0.4) is 0 Å². The summed E-state index contributed by atoms with van der Waals surface area (Å²) in [6.07, 6.45) is 15.4. The molecule has 1 N–H and O–H groups in total. The van der Waals surface area contributed by atoms with Gasteiger partial charge in [0.15, 0.2) is 17.5 Å². The highest BCUT2D eigenvalue weighted by molar-refractivity contribution is 6.03. The zero-order chi connectivity index (χ0) is 32.1. The van der Waals surface area contributed by atoms with E-state index in [9.17, 15) is 13.2 Å². The molecule has 1 aromatic rings. The first kappa shape index (κ1) is 39.7. The molecule has 0 amide bonds. The molecule has 1 heterocycles. The molecule has 0 saturated carbocycles. The summed E-state index contributed by atoms with van der Waals surface area (Å²) in [4.78, 5) is 7.25.